The number of carbonyl (C=O) groups is 2. The molecule has 28 heavy (non-hydrogen) atoms. The van der Waals surface area contributed by atoms with E-state index in [4.69, 9.17) is 0 Å². The Hall–Kier alpha value is -2.64. The van der Waals surface area contributed by atoms with Crippen LogP contribution in [0.15, 0.2) is 12.3 Å². The van der Waals surface area contributed by atoms with E-state index >= 15 is 0 Å². The molecule has 1 aliphatic heterocycles. The Kier molecular flexibility index (Phi) is 6.16. The van der Waals surface area contributed by atoms with E-state index in [-0.39, 0.29) is 17.9 Å². The summed E-state index contributed by atoms with van der Waals surface area (Å²) in [5, 5.41) is 14.2. The number of hydrogen-bond acceptors (Lipinski definition) is 4. The van der Waals surface area contributed by atoms with Crippen molar-refractivity contribution in [1.82, 2.24) is 30.2 Å². The third-order valence-electron chi connectivity index (χ3n) is 5.49. The molecule has 8 heteroatoms. The molecule has 0 aliphatic carbocycles. The maximum absolute atomic E-state index is 12.5. The third kappa shape index (κ3) is 4.61. The van der Waals surface area contributed by atoms with Gasteiger partial charge in [-0.15, -0.1) is 0 Å². The molecule has 2 amide bonds. The smallest absolute Gasteiger partial charge is 0.257 e. The summed E-state index contributed by atoms with van der Waals surface area (Å²) in [5.41, 5.74) is 3.52. The average molecular weight is 387 g/mol. The van der Waals surface area contributed by atoms with Gasteiger partial charge in [0, 0.05) is 37.4 Å². The van der Waals surface area contributed by atoms with Gasteiger partial charge in [-0.25, -0.2) is 0 Å². The summed E-state index contributed by atoms with van der Waals surface area (Å²) < 4.78 is 1.96. The first kappa shape index (κ1) is 20.1. The van der Waals surface area contributed by atoms with Crippen molar-refractivity contribution in [2.75, 3.05) is 19.6 Å². The minimum Gasteiger partial charge on any atom is -0.354 e. The summed E-state index contributed by atoms with van der Waals surface area (Å²) in [6.07, 6.45) is 3.80. The summed E-state index contributed by atoms with van der Waals surface area (Å²) in [5.74, 6) is 0.412. The van der Waals surface area contributed by atoms with Crippen molar-refractivity contribution in [3.8, 4) is 0 Å². The van der Waals surface area contributed by atoms with E-state index in [1.165, 1.54) is 0 Å². The molecule has 2 aromatic heterocycles. The first-order chi connectivity index (χ1) is 13.3. The molecule has 3 heterocycles. The van der Waals surface area contributed by atoms with Crippen LogP contribution in [0.25, 0.3) is 0 Å². The molecule has 2 aromatic rings. The molecular formula is C20H30N6O2. The van der Waals surface area contributed by atoms with Gasteiger partial charge >= 0.3 is 0 Å². The number of amides is 2. The number of aromatic amines is 1. The summed E-state index contributed by atoms with van der Waals surface area (Å²) in [7, 11) is 0. The summed E-state index contributed by atoms with van der Waals surface area (Å²) in [6, 6.07) is 2.16. The highest BCUT2D eigenvalue weighted by atomic mass is 16.2. The predicted molar refractivity (Wildman–Crippen MR) is 106 cm³/mol. The number of nitrogens with zero attached hydrogens (tertiary/aromatic N) is 4. The van der Waals surface area contributed by atoms with E-state index in [0.717, 1.165) is 29.9 Å². The summed E-state index contributed by atoms with van der Waals surface area (Å²) in [4.78, 5) is 26.7. The molecule has 0 spiro atoms. The lowest BCUT2D eigenvalue weighted by atomic mass is 9.93. The second-order valence-electron chi connectivity index (χ2n) is 7.87. The standard InChI is InChI=1S/C20H30N6O2/c1-13-9-14(2)26(24-13)15(3)11-21-19(27)10-17-5-7-25(8-6-17)20(28)18-12-22-23-16(18)4/h9,12,15,17H,5-8,10-11H2,1-4H3,(H,21,27)(H,22,23). The van der Waals surface area contributed by atoms with E-state index in [2.05, 4.69) is 27.5 Å². The Morgan fingerprint density at radius 1 is 1.29 bits per heavy atom. The van der Waals surface area contributed by atoms with Crippen molar-refractivity contribution < 1.29 is 9.59 Å². The van der Waals surface area contributed by atoms with Crippen molar-refractivity contribution in [3.05, 3.63) is 34.9 Å². The number of rotatable bonds is 6. The minimum atomic E-state index is 0.0212. The highest BCUT2D eigenvalue weighted by molar-refractivity contribution is 5.95. The van der Waals surface area contributed by atoms with E-state index in [1.807, 2.05) is 36.4 Å². The van der Waals surface area contributed by atoms with Crippen LogP contribution < -0.4 is 5.32 Å². The van der Waals surface area contributed by atoms with Crippen LogP contribution in [0.2, 0.25) is 0 Å². The highest BCUT2D eigenvalue weighted by Crippen LogP contribution is 2.22. The SMILES string of the molecule is Cc1cc(C)n(C(C)CNC(=O)CC2CCN(C(=O)c3cn[nH]c3C)CC2)n1. The van der Waals surface area contributed by atoms with Gasteiger partial charge in [0.25, 0.3) is 5.91 Å². The largest absolute Gasteiger partial charge is 0.354 e. The molecular weight excluding hydrogens is 356 g/mol. The van der Waals surface area contributed by atoms with Gasteiger partial charge in [-0.1, -0.05) is 0 Å². The molecule has 8 nitrogen and oxygen atoms in total. The average Bonchev–Trinajstić information content (AvgIpc) is 3.24. The molecule has 1 atom stereocenters. The molecule has 1 aliphatic rings. The molecule has 152 valence electrons. The fourth-order valence-electron chi connectivity index (χ4n) is 3.85. The number of carbonyl (C=O) groups excluding carboxylic acids is 2. The quantitative estimate of drug-likeness (QED) is 0.795. The van der Waals surface area contributed by atoms with Crippen LogP contribution in [0, 0.1) is 26.7 Å². The Labute approximate surface area is 165 Å². The van der Waals surface area contributed by atoms with Crippen LogP contribution in [0.4, 0.5) is 0 Å². The number of aromatic nitrogens is 4. The minimum absolute atomic E-state index is 0.0212. The van der Waals surface area contributed by atoms with E-state index in [1.54, 1.807) is 6.20 Å². The van der Waals surface area contributed by atoms with Crippen molar-refractivity contribution in [1.29, 1.82) is 0 Å². The van der Waals surface area contributed by atoms with E-state index in [9.17, 15) is 9.59 Å². The van der Waals surface area contributed by atoms with Crippen molar-refractivity contribution in [2.24, 2.45) is 5.92 Å². The van der Waals surface area contributed by atoms with Gasteiger partial charge in [0.1, 0.15) is 0 Å². The van der Waals surface area contributed by atoms with Crippen LogP contribution in [0.1, 0.15) is 59.7 Å². The monoisotopic (exact) mass is 386 g/mol. The molecule has 1 unspecified atom stereocenters. The van der Waals surface area contributed by atoms with Crippen LogP contribution >= 0.6 is 0 Å². The van der Waals surface area contributed by atoms with Gasteiger partial charge in [-0.3, -0.25) is 19.4 Å². The number of H-pyrrole nitrogens is 1. The lowest BCUT2D eigenvalue weighted by Gasteiger charge is -2.31. The van der Waals surface area contributed by atoms with Crippen molar-refractivity contribution in [3.63, 3.8) is 0 Å². The Balaban J connectivity index is 1.42. The van der Waals surface area contributed by atoms with Crippen LogP contribution in [0.3, 0.4) is 0 Å². The van der Waals surface area contributed by atoms with Gasteiger partial charge in [0.15, 0.2) is 0 Å². The fraction of sp³-hybridized carbons (Fsp3) is 0.600. The zero-order chi connectivity index (χ0) is 20.3. The van der Waals surface area contributed by atoms with Gasteiger partial charge in [-0.2, -0.15) is 10.2 Å². The Morgan fingerprint density at radius 2 is 2.00 bits per heavy atom. The summed E-state index contributed by atoms with van der Waals surface area (Å²) in [6.45, 7) is 9.84. The maximum atomic E-state index is 12.5. The topological polar surface area (TPSA) is 95.9 Å². The highest BCUT2D eigenvalue weighted by Gasteiger charge is 2.26. The first-order valence-electron chi connectivity index (χ1n) is 9.94. The summed E-state index contributed by atoms with van der Waals surface area (Å²) >= 11 is 0. The van der Waals surface area contributed by atoms with Crippen molar-refractivity contribution in [2.45, 2.75) is 53.0 Å². The Morgan fingerprint density at radius 3 is 2.57 bits per heavy atom. The predicted octanol–water partition coefficient (Wildman–Crippen LogP) is 2.15. The lowest BCUT2D eigenvalue weighted by molar-refractivity contribution is -0.122. The van der Waals surface area contributed by atoms with E-state index in [0.29, 0.717) is 37.5 Å². The maximum Gasteiger partial charge on any atom is 0.257 e. The lowest BCUT2D eigenvalue weighted by Crippen LogP contribution is -2.40. The van der Waals surface area contributed by atoms with Crippen LogP contribution in [-0.2, 0) is 4.79 Å². The normalized spacial score (nSPS) is 16.2. The molecule has 2 N–H and O–H groups in total. The molecule has 0 saturated carbocycles. The zero-order valence-electron chi connectivity index (χ0n) is 17.2. The van der Waals surface area contributed by atoms with E-state index < -0.39 is 0 Å². The fourth-order valence-corrected chi connectivity index (χ4v) is 3.85. The zero-order valence-corrected chi connectivity index (χ0v) is 17.2. The molecule has 1 fully saturated rings. The number of aryl methyl sites for hydroxylation is 3. The van der Waals surface area contributed by atoms with Gasteiger partial charge < -0.3 is 10.2 Å². The third-order valence-corrected chi connectivity index (χ3v) is 5.49. The number of hydrogen-bond donors (Lipinski definition) is 2. The van der Waals surface area contributed by atoms with Gasteiger partial charge in [0.2, 0.25) is 5.91 Å². The van der Waals surface area contributed by atoms with Gasteiger partial charge in [0.05, 0.1) is 23.5 Å². The van der Waals surface area contributed by atoms with Crippen LogP contribution in [0.5, 0.6) is 0 Å². The number of nitrogens with one attached hydrogen (secondary N) is 2. The second-order valence-corrected chi connectivity index (χ2v) is 7.87. The second kappa shape index (κ2) is 8.58. The molecule has 0 aromatic carbocycles. The molecule has 0 bridgehead atoms. The first-order valence-corrected chi connectivity index (χ1v) is 9.94. The van der Waals surface area contributed by atoms with Crippen molar-refractivity contribution >= 4 is 11.8 Å². The molecule has 0 radical (unpaired) electrons. The molecule has 3 rings (SSSR count). The number of likely N-dealkylation sites (tertiary alicyclic amines) is 1. The van der Waals surface area contributed by atoms with Crippen LogP contribution in [-0.4, -0.2) is 56.3 Å². The Bertz CT molecular complexity index is 832. The molecule has 1 saturated heterocycles. The van der Waals surface area contributed by atoms with Gasteiger partial charge in [-0.05, 0) is 52.5 Å². The number of piperidine rings is 1.